The standard InChI is InChI=1S/C21H19N5O2S2/c1-26-20-16(11-25-26)21(24-13-23-20)29-12-17(27)18-8-7-15(30-18)10-22-19(28)9-14-5-3-2-4-6-14/h2-8,11,13H,9-10,12H2,1H3,(H,22,28). The molecule has 0 saturated carbocycles. The zero-order chi connectivity index (χ0) is 20.9. The smallest absolute Gasteiger partial charge is 0.224 e. The van der Waals surface area contributed by atoms with Crippen LogP contribution in [0.2, 0.25) is 0 Å². The van der Waals surface area contributed by atoms with Crippen LogP contribution in [-0.2, 0) is 24.8 Å². The minimum Gasteiger partial charge on any atom is -0.351 e. The van der Waals surface area contributed by atoms with E-state index >= 15 is 0 Å². The summed E-state index contributed by atoms with van der Waals surface area (Å²) in [7, 11) is 1.82. The molecule has 0 aliphatic carbocycles. The van der Waals surface area contributed by atoms with E-state index in [9.17, 15) is 9.59 Å². The molecule has 0 radical (unpaired) electrons. The van der Waals surface area contributed by atoms with Gasteiger partial charge in [-0.3, -0.25) is 14.3 Å². The second-order valence-electron chi connectivity index (χ2n) is 6.60. The summed E-state index contributed by atoms with van der Waals surface area (Å²) in [5, 5.41) is 8.68. The highest BCUT2D eigenvalue weighted by molar-refractivity contribution is 8.00. The van der Waals surface area contributed by atoms with Gasteiger partial charge in [-0.2, -0.15) is 5.10 Å². The van der Waals surface area contributed by atoms with E-state index in [-0.39, 0.29) is 17.4 Å². The third-order valence-corrected chi connectivity index (χ3v) is 6.57. The number of hydrogen-bond acceptors (Lipinski definition) is 7. The van der Waals surface area contributed by atoms with Crippen LogP contribution in [0.4, 0.5) is 0 Å². The van der Waals surface area contributed by atoms with Crippen molar-refractivity contribution in [3.8, 4) is 0 Å². The molecule has 0 atom stereocenters. The lowest BCUT2D eigenvalue weighted by atomic mass is 10.1. The Bertz CT molecular complexity index is 1190. The second kappa shape index (κ2) is 9.19. The number of thioether (sulfide) groups is 1. The quantitative estimate of drug-likeness (QED) is 0.259. The van der Waals surface area contributed by atoms with Crippen molar-refractivity contribution in [2.24, 2.45) is 7.05 Å². The summed E-state index contributed by atoms with van der Waals surface area (Å²) in [6.07, 6.45) is 3.54. The molecular weight excluding hydrogens is 418 g/mol. The summed E-state index contributed by atoms with van der Waals surface area (Å²) in [6, 6.07) is 13.3. The number of fused-ring (bicyclic) bond motifs is 1. The van der Waals surface area contributed by atoms with E-state index in [1.165, 1.54) is 29.4 Å². The first-order valence-electron chi connectivity index (χ1n) is 9.28. The van der Waals surface area contributed by atoms with Gasteiger partial charge in [-0.25, -0.2) is 9.97 Å². The Morgan fingerprint density at radius 3 is 2.80 bits per heavy atom. The van der Waals surface area contributed by atoms with Crippen molar-refractivity contribution in [2.45, 2.75) is 18.0 Å². The Balaban J connectivity index is 1.31. The highest BCUT2D eigenvalue weighted by atomic mass is 32.2. The van der Waals surface area contributed by atoms with Crippen molar-refractivity contribution in [2.75, 3.05) is 5.75 Å². The number of benzene rings is 1. The summed E-state index contributed by atoms with van der Waals surface area (Å²) < 4.78 is 1.68. The van der Waals surface area contributed by atoms with Gasteiger partial charge in [0.05, 0.1) is 35.2 Å². The molecule has 0 aliphatic heterocycles. The number of thiophene rings is 1. The van der Waals surface area contributed by atoms with Gasteiger partial charge in [0.2, 0.25) is 5.91 Å². The Morgan fingerprint density at radius 2 is 1.97 bits per heavy atom. The maximum Gasteiger partial charge on any atom is 0.224 e. The predicted molar refractivity (Wildman–Crippen MR) is 118 cm³/mol. The highest BCUT2D eigenvalue weighted by Gasteiger charge is 2.14. The maximum atomic E-state index is 12.6. The molecule has 4 rings (SSSR count). The molecule has 7 nitrogen and oxygen atoms in total. The van der Waals surface area contributed by atoms with E-state index in [2.05, 4.69) is 20.4 Å². The van der Waals surface area contributed by atoms with E-state index in [0.717, 1.165) is 26.5 Å². The number of rotatable bonds is 8. The second-order valence-corrected chi connectivity index (χ2v) is 8.73. The molecule has 0 fully saturated rings. The highest BCUT2D eigenvalue weighted by Crippen LogP contribution is 2.26. The lowest BCUT2D eigenvalue weighted by Crippen LogP contribution is -2.24. The van der Waals surface area contributed by atoms with E-state index in [1.54, 1.807) is 10.9 Å². The molecule has 3 aromatic heterocycles. The van der Waals surface area contributed by atoms with Crippen molar-refractivity contribution in [3.63, 3.8) is 0 Å². The van der Waals surface area contributed by atoms with Crippen LogP contribution >= 0.6 is 23.1 Å². The number of nitrogens with one attached hydrogen (secondary N) is 1. The fourth-order valence-electron chi connectivity index (χ4n) is 2.91. The molecule has 0 unspecified atom stereocenters. The monoisotopic (exact) mass is 437 g/mol. The van der Waals surface area contributed by atoms with Gasteiger partial charge >= 0.3 is 0 Å². The molecule has 152 valence electrons. The summed E-state index contributed by atoms with van der Waals surface area (Å²) in [5.41, 5.74) is 1.71. The number of aromatic nitrogens is 4. The van der Waals surface area contributed by atoms with Gasteiger partial charge in [-0.15, -0.1) is 11.3 Å². The minimum atomic E-state index is -0.0396. The van der Waals surface area contributed by atoms with Crippen molar-refractivity contribution in [1.82, 2.24) is 25.1 Å². The van der Waals surface area contributed by atoms with Gasteiger partial charge < -0.3 is 5.32 Å². The largest absolute Gasteiger partial charge is 0.351 e. The first-order valence-corrected chi connectivity index (χ1v) is 11.1. The maximum absolute atomic E-state index is 12.6. The third-order valence-electron chi connectivity index (χ3n) is 4.44. The zero-order valence-electron chi connectivity index (χ0n) is 16.2. The molecule has 9 heteroatoms. The van der Waals surface area contributed by atoms with Crippen LogP contribution in [-0.4, -0.2) is 37.2 Å². The third kappa shape index (κ3) is 4.74. The van der Waals surface area contributed by atoms with E-state index < -0.39 is 0 Å². The number of hydrogen-bond donors (Lipinski definition) is 1. The summed E-state index contributed by atoms with van der Waals surface area (Å²) in [5.74, 6) is 0.270. The average Bonchev–Trinajstić information content (AvgIpc) is 3.39. The fraction of sp³-hybridized carbons (Fsp3) is 0.190. The molecule has 1 N–H and O–H groups in total. The van der Waals surface area contributed by atoms with Gasteiger partial charge in [-0.1, -0.05) is 42.1 Å². The number of carbonyl (C=O) groups excluding carboxylic acids is 2. The van der Waals surface area contributed by atoms with Crippen LogP contribution in [0.5, 0.6) is 0 Å². The van der Waals surface area contributed by atoms with E-state index in [4.69, 9.17) is 0 Å². The summed E-state index contributed by atoms with van der Waals surface area (Å²) in [6.45, 7) is 0.416. The van der Waals surface area contributed by atoms with Crippen molar-refractivity contribution in [3.05, 3.63) is 70.3 Å². The molecule has 3 heterocycles. The van der Waals surface area contributed by atoms with Gasteiger partial charge in [0.15, 0.2) is 11.4 Å². The average molecular weight is 438 g/mol. The summed E-state index contributed by atoms with van der Waals surface area (Å²) in [4.78, 5) is 34.8. The molecule has 0 spiro atoms. The molecule has 4 aromatic rings. The van der Waals surface area contributed by atoms with Crippen molar-refractivity contribution >= 4 is 45.8 Å². The molecule has 0 aliphatic rings. The van der Waals surface area contributed by atoms with E-state index in [1.807, 2.05) is 49.5 Å². The van der Waals surface area contributed by atoms with Gasteiger partial charge in [0, 0.05) is 11.9 Å². The molecule has 30 heavy (non-hydrogen) atoms. The molecule has 0 saturated heterocycles. The molecule has 1 amide bonds. The number of Topliss-reactive ketones (excluding diaryl/α,β-unsaturated/α-hetero) is 1. The first-order chi connectivity index (χ1) is 14.6. The Morgan fingerprint density at radius 1 is 1.13 bits per heavy atom. The van der Waals surface area contributed by atoms with Gasteiger partial charge in [-0.05, 0) is 17.7 Å². The number of ketones is 1. The van der Waals surface area contributed by atoms with Crippen LogP contribution in [0, 0.1) is 0 Å². The Hall–Kier alpha value is -3.04. The number of nitrogens with zero attached hydrogens (tertiary/aromatic N) is 4. The number of amides is 1. The first kappa shape index (κ1) is 20.2. The fourth-order valence-corrected chi connectivity index (χ4v) is 4.73. The van der Waals surface area contributed by atoms with Crippen LogP contribution in [0.25, 0.3) is 11.0 Å². The molecule has 1 aromatic carbocycles. The van der Waals surface area contributed by atoms with Gasteiger partial charge in [0.1, 0.15) is 11.4 Å². The lowest BCUT2D eigenvalue weighted by molar-refractivity contribution is -0.120. The summed E-state index contributed by atoms with van der Waals surface area (Å²) >= 11 is 2.78. The Kier molecular flexibility index (Phi) is 6.20. The lowest BCUT2D eigenvalue weighted by Gasteiger charge is -2.03. The van der Waals surface area contributed by atoms with Crippen LogP contribution in [0.3, 0.4) is 0 Å². The predicted octanol–water partition coefficient (Wildman–Crippen LogP) is 3.26. The minimum absolute atomic E-state index is 0.0301. The van der Waals surface area contributed by atoms with Crippen LogP contribution in [0.1, 0.15) is 20.1 Å². The Labute approximate surface area is 181 Å². The van der Waals surface area contributed by atoms with E-state index in [0.29, 0.717) is 17.8 Å². The van der Waals surface area contributed by atoms with Crippen LogP contribution < -0.4 is 5.32 Å². The molecular formula is C21H19N5O2S2. The SMILES string of the molecule is Cn1ncc2c(SCC(=O)c3ccc(CNC(=O)Cc4ccccc4)s3)ncnc21. The molecule has 0 bridgehead atoms. The number of aryl methyl sites for hydroxylation is 1. The number of carbonyl (C=O) groups is 2. The zero-order valence-corrected chi connectivity index (χ0v) is 17.9. The van der Waals surface area contributed by atoms with Crippen LogP contribution in [0.15, 0.2) is 60.0 Å². The van der Waals surface area contributed by atoms with Gasteiger partial charge in [0.25, 0.3) is 0 Å². The van der Waals surface area contributed by atoms with Crippen molar-refractivity contribution < 1.29 is 9.59 Å². The normalized spacial score (nSPS) is 11.0. The topological polar surface area (TPSA) is 89.8 Å². The van der Waals surface area contributed by atoms with Crippen molar-refractivity contribution in [1.29, 1.82) is 0 Å².